The van der Waals surface area contributed by atoms with E-state index in [4.69, 9.17) is 5.10 Å². The molecule has 0 spiro atoms. The Bertz CT molecular complexity index is 1400. The second kappa shape index (κ2) is 9.43. The summed E-state index contributed by atoms with van der Waals surface area (Å²) < 4.78 is 1.77. The number of fused-ring (bicyclic) bond motifs is 1. The summed E-state index contributed by atoms with van der Waals surface area (Å²) in [6, 6.07) is 18.1. The van der Waals surface area contributed by atoms with Gasteiger partial charge in [-0.2, -0.15) is 5.10 Å². The van der Waals surface area contributed by atoms with Crippen molar-refractivity contribution in [2.45, 2.75) is 13.3 Å². The smallest absolute Gasteiger partial charge is 0.253 e. The number of amides is 1. The van der Waals surface area contributed by atoms with Gasteiger partial charge in [0.1, 0.15) is 11.5 Å². The minimum Gasteiger partial charge on any atom is -0.336 e. The molecule has 2 aromatic heterocycles. The SMILES string of the molecule is CC(=O)Cc1cnc2c(c1)c(-c1cccc(-c3ccc(C(=O)N4CCN(C)CC4)cc3)c1)nn2C. The maximum atomic E-state index is 12.9. The highest BCUT2D eigenvalue weighted by Gasteiger charge is 2.20. The van der Waals surface area contributed by atoms with Gasteiger partial charge in [-0.1, -0.05) is 30.3 Å². The van der Waals surface area contributed by atoms with Gasteiger partial charge in [0.15, 0.2) is 5.65 Å². The number of nitrogens with zero attached hydrogens (tertiary/aromatic N) is 5. The maximum absolute atomic E-state index is 12.9. The summed E-state index contributed by atoms with van der Waals surface area (Å²) >= 11 is 0. The number of aromatic nitrogens is 3. The normalized spacial score (nSPS) is 14.4. The van der Waals surface area contributed by atoms with Gasteiger partial charge in [-0.05, 0) is 54.9 Å². The Morgan fingerprint density at radius 1 is 0.886 bits per heavy atom. The van der Waals surface area contributed by atoms with E-state index < -0.39 is 0 Å². The molecule has 0 aliphatic carbocycles. The predicted molar refractivity (Wildman–Crippen MR) is 137 cm³/mol. The quantitative estimate of drug-likeness (QED) is 0.446. The number of pyridine rings is 1. The fraction of sp³-hybridized carbons (Fsp3) is 0.286. The number of ketones is 1. The molecule has 0 unspecified atom stereocenters. The molecule has 178 valence electrons. The number of aryl methyl sites for hydroxylation is 1. The fourth-order valence-corrected chi connectivity index (χ4v) is 4.62. The van der Waals surface area contributed by atoms with Crippen LogP contribution in [0.5, 0.6) is 0 Å². The largest absolute Gasteiger partial charge is 0.336 e. The molecule has 7 nitrogen and oxygen atoms in total. The summed E-state index contributed by atoms with van der Waals surface area (Å²) in [5.74, 6) is 0.195. The monoisotopic (exact) mass is 467 g/mol. The lowest BCUT2D eigenvalue weighted by atomic mass is 9.99. The molecule has 0 saturated carbocycles. The third kappa shape index (κ3) is 4.72. The molecular weight excluding hydrogens is 438 g/mol. The second-order valence-corrected chi connectivity index (χ2v) is 9.32. The van der Waals surface area contributed by atoms with E-state index in [1.807, 2.05) is 54.4 Å². The molecule has 35 heavy (non-hydrogen) atoms. The van der Waals surface area contributed by atoms with Gasteiger partial charge in [0, 0.05) is 62.4 Å². The van der Waals surface area contributed by atoms with E-state index in [1.165, 1.54) is 0 Å². The van der Waals surface area contributed by atoms with Crippen molar-refractivity contribution in [2.24, 2.45) is 7.05 Å². The first-order valence-corrected chi connectivity index (χ1v) is 11.9. The average Bonchev–Trinajstić information content (AvgIpc) is 3.19. The number of hydrogen-bond donors (Lipinski definition) is 0. The molecule has 1 aliphatic heterocycles. The lowest BCUT2D eigenvalue weighted by Crippen LogP contribution is -2.47. The zero-order valence-electron chi connectivity index (χ0n) is 20.4. The van der Waals surface area contributed by atoms with Gasteiger partial charge in [0.25, 0.3) is 5.91 Å². The number of benzene rings is 2. The van der Waals surface area contributed by atoms with Crippen LogP contribution in [0.4, 0.5) is 0 Å². The van der Waals surface area contributed by atoms with Crippen molar-refractivity contribution in [3.05, 3.63) is 71.9 Å². The summed E-state index contributed by atoms with van der Waals surface area (Å²) in [7, 11) is 3.96. The molecule has 1 aliphatic rings. The zero-order chi connectivity index (χ0) is 24.5. The highest BCUT2D eigenvalue weighted by Crippen LogP contribution is 2.31. The van der Waals surface area contributed by atoms with Crippen LogP contribution < -0.4 is 0 Å². The zero-order valence-corrected chi connectivity index (χ0v) is 20.4. The molecule has 5 rings (SSSR count). The fourth-order valence-electron chi connectivity index (χ4n) is 4.62. The molecule has 1 saturated heterocycles. The first-order valence-electron chi connectivity index (χ1n) is 11.9. The molecule has 2 aromatic carbocycles. The molecule has 0 atom stereocenters. The topological polar surface area (TPSA) is 71.3 Å². The first-order chi connectivity index (χ1) is 16.9. The van der Waals surface area contributed by atoms with Gasteiger partial charge in [-0.15, -0.1) is 0 Å². The van der Waals surface area contributed by atoms with Crippen LogP contribution in [0, 0.1) is 0 Å². The van der Waals surface area contributed by atoms with Crippen LogP contribution in [0.25, 0.3) is 33.4 Å². The molecule has 0 bridgehead atoms. The van der Waals surface area contributed by atoms with Crippen molar-refractivity contribution in [3.8, 4) is 22.4 Å². The summed E-state index contributed by atoms with van der Waals surface area (Å²) in [6.45, 7) is 4.93. The van der Waals surface area contributed by atoms with Crippen molar-refractivity contribution in [3.63, 3.8) is 0 Å². The Balaban J connectivity index is 1.43. The number of carbonyl (C=O) groups excluding carboxylic acids is 2. The molecule has 7 heteroatoms. The van der Waals surface area contributed by atoms with Crippen LogP contribution >= 0.6 is 0 Å². The van der Waals surface area contributed by atoms with Crippen molar-refractivity contribution >= 4 is 22.7 Å². The van der Waals surface area contributed by atoms with Crippen LogP contribution in [-0.2, 0) is 18.3 Å². The highest BCUT2D eigenvalue weighted by molar-refractivity contribution is 5.95. The van der Waals surface area contributed by atoms with E-state index in [0.717, 1.165) is 65.2 Å². The predicted octanol–water partition coefficient (Wildman–Crippen LogP) is 3.82. The number of hydrogen-bond acceptors (Lipinski definition) is 5. The van der Waals surface area contributed by atoms with Crippen LogP contribution in [0.2, 0.25) is 0 Å². The van der Waals surface area contributed by atoms with Crippen molar-refractivity contribution in [2.75, 3.05) is 33.2 Å². The standard InChI is InChI=1S/C28H29N5O2/c1-19(34)15-20-16-25-26(30-32(3)27(25)29-18-20)24-6-4-5-23(17-24)21-7-9-22(10-8-21)28(35)33-13-11-31(2)12-14-33/h4-10,16-18H,11-15H2,1-3H3. The summed E-state index contributed by atoms with van der Waals surface area (Å²) in [5.41, 5.74) is 6.29. The number of likely N-dealkylation sites (N-methyl/N-ethyl adjacent to an activating group) is 1. The number of rotatable bonds is 5. The molecule has 0 N–H and O–H groups in total. The summed E-state index contributed by atoms with van der Waals surface area (Å²) in [4.78, 5) is 33.2. The summed E-state index contributed by atoms with van der Waals surface area (Å²) in [6.07, 6.45) is 2.10. The average molecular weight is 468 g/mol. The van der Waals surface area contributed by atoms with Gasteiger partial charge in [-0.3, -0.25) is 9.59 Å². The number of carbonyl (C=O) groups is 2. The van der Waals surface area contributed by atoms with Crippen LogP contribution in [0.3, 0.4) is 0 Å². The van der Waals surface area contributed by atoms with E-state index in [2.05, 4.69) is 29.1 Å². The van der Waals surface area contributed by atoms with Crippen LogP contribution in [0.1, 0.15) is 22.8 Å². The van der Waals surface area contributed by atoms with Gasteiger partial charge in [0.2, 0.25) is 0 Å². The lowest BCUT2D eigenvalue weighted by molar-refractivity contribution is -0.116. The number of piperazine rings is 1. The Morgan fingerprint density at radius 3 is 2.31 bits per heavy atom. The lowest BCUT2D eigenvalue weighted by Gasteiger charge is -2.32. The summed E-state index contributed by atoms with van der Waals surface area (Å²) in [5, 5.41) is 5.65. The van der Waals surface area contributed by atoms with Gasteiger partial charge >= 0.3 is 0 Å². The second-order valence-electron chi connectivity index (χ2n) is 9.32. The molecule has 4 aromatic rings. The van der Waals surface area contributed by atoms with E-state index in [9.17, 15) is 9.59 Å². The maximum Gasteiger partial charge on any atom is 0.253 e. The van der Waals surface area contributed by atoms with Gasteiger partial charge < -0.3 is 9.80 Å². The molecule has 1 amide bonds. The van der Waals surface area contributed by atoms with Crippen molar-refractivity contribution < 1.29 is 9.59 Å². The van der Waals surface area contributed by atoms with Gasteiger partial charge in [-0.25, -0.2) is 9.67 Å². The van der Waals surface area contributed by atoms with Gasteiger partial charge in [0.05, 0.1) is 0 Å². The highest BCUT2D eigenvalue weighted by atomic mass is 16.2. The molecule has 0 radical (unpaired) electrons. The Hall–Kier alpha value is -3.84. The third-order valence-corrected chi connectivity index (χ3v) is 6.58. The molecule has 1 fully saturated rings. The third-order valence-electron chi connectivity index (χ3n) is 6.58. The van der Waals surface area contributed by atoms with E-state index in [1.54, 1.807) is 17.8 Å². The van der Waals surface area contributed by atoms with E-state index in [-0.39, 0.29) is 11.7 Å². The molecular formula is C28H29N5O2. The minimum atomic E-state index is 0.0900. The van der Waals surface area contributed by atoms with Crippen LogP contribution in [-0.4, -0.2) is 69.5 Å². The Morgan fingerprint density at radius 2 is 1.60 bits per heavy atom. The molecule has 3 heterocycles. The van der Waals surface area contributed by atoms with Crippen molar-refractivity contribution in [1.82, 2.24) is 24.6 Å². The Labute approximate surface area is 205 Å². The van der Waals surface area contributed by atoms with Crippen LogP contribution in [0.15, 0.2) is 60.8 Å². The minimum absolute atomic E-state index is 0.0900. The number of Topliss-reactive ketones (excluding diaryl/α,β-unsaturated/α-hetero) is 1. The van der Waals surface area contributed by atoms with E-state index >= 15 is 0 Å². The Kier molecular flexibility index (Phi) is 6.17. The first kappa shape index (κ1) is 22.9. The van der Waals surface area contributed by atoms with E-state index in [0.29, 0.717) is 12.0 Å². The van der Waals surface area contributed by atoms with Crippen molar-refractivity contribution in [1.29, 1.82) is 0 Å².